The number of carbonyl (C=O) groups is 2. The molecule has 6 nitrogen and oxygen atoms in total. The molecule has 1 amide bonds. The highest BCUT2D eigenvalue weighted by Crippen LogP contribution is 2.32. The van der Waals surface area contributed by atoms with Gasteiger partial charge < -0.3 is 9.15 Å². The van der Waals surface area contributed by atoms with E-state index in [1.165, 1.54) is 35.4 Å². The molecule has 1 saturated heterocycles. The van der Waals surface area contributed by atoms with Crippen LogP contribution >= 0.6 is 24.0 Å². The molecule has 0 aliphatic carbocycles. The number of hydrogen-bond acceptors (Lipinski definition) is 7. The smallest absolute Gasteiger partial charge is 0.308 e. The maximum absolute atomic E-state index is 13.1. The fourth-order valence-electron chi connectivity index (χ4n) is 2.95. The maximum Gasteiger partial charge on any atom is 0.308 e. The van der Waals surface area contributed by atoms with Gasteiger partial charge in [-0.2, -0.15) is 0 Å². The number of carbonyl (C=O) groups excluding carboxylic acids is 2. The maximum atomic E-state index is 13.1. The van der Waals surface area contributed by atoms with Crippen molar-refractivity contribution in [2.45, 2.75) is 13.0 Å². The second-order valence-corrected chi connectivity index (χ2v) is 8.60. The number of rotatable bonds is 7. The van der Waals surface area contributed by atoms with Crippen LogP contribution in [0.3, 0.4) is 0 Å². The molecular formula is C23H16F2N2O4S2. The predicted molar refractivity (Wildman–Crippen MR) is 123 cm³/mol. The molecule has 10 heteroatoms. The Morgan fingerprint density at radius 3 is 2.48 bits per heavy atom. The summed E-state index contributed by atoms with van der Waals surface area (Å²) in [5.41, 5.74) is 1.31. The lowest BCUT2D eigenvalue weighted by Crippen LogP contribution is -2.30. The molecule has 0 radical (unpaired) electrons. The molecule has 0 spiro atoms. The first-order chi connectivity index (χ1) is 15.9. The van der Waals surface area contributed by atoms with E-state index >= 15 is 0 Å². The second-order valence-electron chi connectivity index (χ2n) is 6.92. The molecule has 0 bridgehead atoms. The van der Waals surface area contributed by atoms with Crippen molar-refractivity contribution in [3.8, 4) is 11.3 Å². The van der Waals surface area contributed by atoms with Gasteiger partial charge in [0.25, 0.3) is 5.91 Å². The Labute approximate surface area is 197 Å². The Morgan fingerprint density at radius 2 is 1.79 bits per heavy atom. The van der Waals surface area contributed by atoms with Gasteiger partial charge in [-0.15, -0.1) is 0 Å². The van der Waals surface area contributed by atoms with E-state index in [4.69, 9.17) is 21.4 Å². The van der Waals surface area contributed by atoms with Gasteiger partial charge in [0, 0.05) is 12.1 Å². The molecule has 33 heavy (non-hydrogen) atoms. The van der Waals surface area contributed by atoms with Crippen LogP contribution in [-0.4, -0.2) is 32.6 Å². The number of esters is 1. The average molecular weight is 487 g/mol. The number of thiocarbonyl (C=S) groups is 1. The van der Waals surface area contributed by atoms with E-state index in [1.807, 2.05) is 0 Å². The van der Waals surface area contributed by atoms with E-state index in [0.717, 1.165) is 11.8 Å². The van der Waals surface area contributed by atoms with E-state index in [2.05, 4.69) is 4.98 Å². The standard InChI is InChI=1S/C23H16F2N2O4S2/c24-16-5-1-14(2-6-16)11-19-22(29)27(23(32)33-19)10-9-21(28)30-13-20-26-12-18(31-20)15-3-7-17(25)8-4-15/h1-8,11-12H,9-10,13H2/b19-11+. The number of thioether (sulfide) groups is 1. The summed E-state index contributed by atoms with van der Waals surface area (Å²) in [6, 6.07) is 11.4. The minimum atomic E-state index is -0.548. The number of aromatic nitrogens is 1. The third-order valence-electron chi connectivity index (χ3n) is 4.62. The van der Waals surface area contributed by atoms with Crippen LogP contribution in [0, 0.1) is 11.6 Å². The van der Waals surface area contributed by atoms with Crippen LogP contribution in [0.4, 0.5) is 8.78 Å². The number of benzene rings is 2. The van der Waals surface area contributed by atoms with Gasteiger partial charge >= 0.3 is 5.97 Å². The number of nitrogens with zero attached hydrogens (tertiary/aromatic N) is 2. The van der Waals surface area contributed by atoms with Crippen LogP contribution < -0.4 is 0 Å². The molecule has 2 aromatic carbocycles. The van der Waals surface area contributed by atoms with Gasteiger partial charge in [-0.05, 0) is 48.0 Å². The monoisotopic (exact) mass is 486 g/mol. The topological polar surface area (TPSA) is 72.6 Å². The van der Waals surface area contributed by atoms with Gasteiger partial charge in [-0.25, -0.2) is 13.8 Å². The Kier molecular flexibility index (Phi) is 6.95. The minimum absolute atomic E-state index is 0.0661. The highest BCUT2D eigenvalue weighted by molar-refractivity contribution is 8.26. The van der Waals surface area contributed by atoms with Crippen LogP contribution in [0.15, 0.2) is 64.1 Å². The Hall–Kier alpha value is -3.37. The fourth-order valence-corrected chi connectivity index (χ4v) is 4.25. The largest absolute Gasteiger partial charge is 0.456 e. The van der Waals surface area contributed by atoms with E-state index in [1.54, 1.807) is 30.3 Å². The SMILES string of the molecule is O=C(CCN1C(=O)/C(=C\c2ccc(F)cc2)SC1=S)OCc1ncc(-c2ccc(F)cc2)o1. The first kappa shape index (κ1) is 22.8. The highest BCUT2D eigenvalue weighted by Gasteiger charge is 2.32. The van der Waals surface area contributed by atoms with Crippen LogP contribution in [0.1, 0.15) is 17.9 Å². The summed E-state index contributed by atoms with van der Waals surface area (Å²) in [6.45, 7) is -0.112. The predicted octanol–water partition coefficient (Wildman–Crippen LogP) is 4.95. The molecule has 1 aromatic heterocycles. The molecule has 168 valence electrons. The molecule has 0 saturated carbocycles. The normalized spacial score (nSPS) is 14.8. The third-order valence-corrected chi connectivity index (χ3v) is 6.00. The average Bonchev–Trinajstić information content (AvgIpc) is 3.38. The Morgan fingerprint density at radius 1 is 1.12 bits per heavy atom. The lowest BCUT2D eigenvalue weighted by Gasteiger charge is -2.13. The Bertz CT molecular complexity index is 1220. The molecule has 3 aromatic rings. The van der Waals surface area contributed by atoms with Crippen molar-refractivity contribution in [2.24, 2.45) is 0 Å². The van der Waals surface area contributed by atoms with E-state index < -0.39 is 5.97 Å². The number of oxazole rings is 1. The quantitative estimate of drug-likeness (QED) is 0.266. The molecule has 0 unspecified atom stereocenters. The summed E-state index contributed by atoms with van der Waals surface area (Å²) in [7, 11) is 0. The molecule has 0 atom stereocenters. The zero-order valence-electron chi connectivity index (χ0n) is 17.0. The van der Waals surface area contributed by atoms with Crippen LogP contribution in [0.2, 0.25) is 0 Å². The first-order valence-electron chi connectivity index (χ1n) is 9.76. The number of amides is 1. The second kappa shape index (κ2) is 10.1. The lowest BCUT2D eigenvalue weighted by molar-refractivity contribution is -0.145. The van der Waals surface area contributed by atoms with Gasteiger partial charge in [0.15, 0.2) is 12.4 Å². The molecular weight excluding hydrogens is 470 g/mol. The number of hydrogen-bond donors (Lipinski definition) is 0. The summed E-state index contributed by atoms with van der Waals surface area (Å²) in [5, 5.41) is 0. The molecule has 1 aliphatic heterocycles. The van der Waals surface area contributed by atoms with Crippen LogP contribution in [-0.2, 0) is 20.9 Å². The van der Waals surface area contributed by atoms with Crippen molar-refractivity contribution >= 4 is 46.3 Å². The van der Waals surface area contributed by atoms with Crippen molar-refractivity contribution in [1.82, 2.24) is 9.88 Å². The van der Waals surface area contributed by atoms with Gasteiger partial charge in [-0.1, -0.05) is 36.1 Å². The van der Waals surface area contributed by atoms with Gasteiger partial charge in [0.2, 0.25) is 5.89 Å². The zero-order chi connectivity index (χ0) is 23.4. The molecule has 4 rings (SSSR count). The van der Waals surface area contributed by atoms with Crippen LogP contribution in [0.25, 0.3) is 17.4 Å². The van der Waals surface area contributed by atoms with Gasteiger partial charge in [0.1, 0.15) is 16.0 Å². The number of halogens is 2. The molecule has 0 N–H and O–H groups in total. The van der Waals surface area contributed by atoms with Gasteiger partial charge in [0.05, 0.1) is 17.5 Å². The summed E-state index contributed by atoms with van der Waals surface area (Å²) < 4.78 is 37.1. The summed E-state index contributed by atoms with van der Waals surface area (Å²) in [5.74, 6) is -0.983. The summed E-state index contributed by atoms with van der Waals surface area (Å²) >= 11 is 6.37. The number of ether oxygens (including phenoxy) is 1. The van der Waals surface area contributed by atoms with Crippen molar-refractivity contribution in [1.29, 1.82) is 0 Å². The highest BCUT2D eigenvalue weighted by atomic mass is 32.2. The summed E-state index contributed by atoms with van der Waals surface area (Å²) in [4.78, 5) is 30.5. The van der Waals surface area contributed by atoms with E-state index in [0.29, 0.717) is 26.1 Å². The lowest BCUT2D eigenvalue weighted by atomic mass is 10.2. The third kappa shape index (κ3) is 5.71. The van der Waals surface area contributed by atoms with Crippen molar-refractivity contribution in [2.75, 3.05) is 6.54 Å². The van der Waals surface area contributed by atoms with Crippen molar-refractivity contribution in [3.63, 3.8) is 0 Å². The zero-order valence-corrected chi connectivity index (χ0v) is 18.6. The molecule has 1 fully saturated rings. The fraction of sp³-hybridized carbons (Fsp3) is 0.130. The van der Waals surface area contributed by atoms with Crippen molar-refractivity contribution < 1.29 is 27.5 Å². The van der Waals surface area contributed by atoms with Crippen molar-refractivity contribution in [3.05, 3.63) is 82.7 Å². The Balaban J connectivity index is 1.28. The molecule has 1 aliphatic rings. The van der Waals surface area contributed by atoms with E-state index in [-0.39, 0.29) is 43.0 Å². The van der Waals surface area contributed by atoms with Crippen LogP contribution in [0.5, 0.6) is 0 Å². The molecule has 2 heterocycles. The summed E-state index contributed by atoms with van der Waals surface area (Å²) in [6.07, 6.45) is 3.02. The first-order valence-corrected chi connectivity index (χ1v) is 11.0. The van der Waals surface area contributed by atoms with Gasteiger partial charge in [-0.3, -0.25) is 14.5 Å². The van der Waals surface area contributed by atoms with E-state index in [9.17, 15) is 18.4 Å². The minimum Gasteiger partial charge on any atom is -0.456 e.